The van der Waals surface area contributed by atoms with Gasteiger partial charge in [0.15, 0.2) is 0 Å². The second-order valence-corrected chi connectivity index (χ2v) is 8.22. The van der Waals surface area contributed by atoms with Crippen molar-refractivity contribution in [3.8, 4) is 0 Å². The normalized spacial score (nSPS) is 13.2. The van der Waals surface area contributed by atoms with Gasteiger partial charge in [-0.2, -0.15) is 0 Å². The summed E-state index contributed by atoms with van der Waals surface area (Å²) in [6.07, 6.45) is 0. The first kappa shape index (κ1) is 16.0. The summed E-state index contributed by atoms with van der Waals surface area (Å²) in [4.78, 5) is 4.63. The Balaban J connectivity index is 1.59. The summed E-state index contributed by atoms with van der Waals surface area (Å²) in [5.74, 6) is -0.197. The monoisotopic (exact) mass is 447 g/mol. The van der Waals surface area contributed by atoms with Crippen LogP contribution in [0.4, 0.5) is 10.1 Å². The Morgan fingerprint density at radius 1 is 0.833 bits per heavy atom. The van der Waals surface area contributed by atoms with Gasteiger partial charge in [0.25, 0.3) is 0 Å². The lowest BCUT2D eigenvalue weighted by atomic mass is 10.1. The van der Waals surface area contributed by atoms with Gasteiger partial charge in [-0.1, -0.05) is 36.0 Å². The molecule has 0 aromatic heterocycles. The Labute approximate surface area is 159 Å². The summed E-state index contributed by atoms with van der Waals surface area (Å²) < 4.78 is 14.3. The number of fused-ring (bicyclic) bond motifs is 1. The van der Waals surface area contributed by atoms with Crippen molar-refractivity contribution in [1.82, 2.24) is 0 Å². The molecule has 3 aromatic carbocycles. The molecule has 4 rings (SSSR count). The third-order valence-corrected chi connectivity index (χ3v) is 5.71. The molecule has 4 heteroatoms. The minimum atomic E-state index is -0.197. The molecule has 0 aliphatic carbocycles. The summed E-state index contributed by atoms with van der Waals surface area (Å²) in [5.41, 5.74) is 4.05. The number of nitrogens with zero attached hydrogens (tertiary/aromatic N) is 1. The minimum absolute atomic E-state index is 0.197. The molecule has 0 N–H and O–H groups in total. The molecule has 0 spiro atoms. The molecule has 0 atom stereocenters. The summed E-state index contributed by atoms with van der Waals surface area (Å²) in [7, 11) is 0. The first-order chi connectivity index (χ1) is 11.7. The van der Waals surface area contributed by atoms with Crippen molar-refractivity contribution < 1.29 is 4.39 Å². The molecule has 0 fully saturated rings. The third kappa shape index (κ3) is 3.44. The molecule has 0 amide bonds. The van der Waals surface area contributed by atoms with E-state index in [2.05, 4.69) is 70.0 Å². The Morgan fingerprint density at radius 2 is 1.50 bits per heavy atom. The van der Waals surface area contributed by atoms with Crippen LogP contribution >= 0.6 is 34.4 Å². The number of rotatable bonds is 3. The van der Waals surface area contributed by atoms with Gasteiger partial charge < -0.3 is 4.90 Å². The molecular weight excluding hydrogens is 432 g/mol. The van der Waals surface area contributed by atoms with E-state index in [0.717, 1.165) is 18.0 Å². The van der Waals surface area contributed by atoms with E-state index in [9.17, 15) is 4.39 Å². The molecule has 120 valence electrons. The highest BCUT2D eigenvalue weighted by Gasteiger charge is 2.19. The number of anilines is 1. The predicted octanol–water partition coefficient (Wildman–Crippen LogP) is 6.10. The maximum atomic E-state index is 13.1. The van der Waals surface area contributed by atoms with Gasteiger partial charge in [-0.3, -0.25) is 0 Å². The molecule has 0 bridgehead atoms. The molecule has 0 unspecified atom stereocenters. The van der Waals surface area contributed by atoms with Crippen LogP contribution in [-0.2, 0) is 13.1 Å². The van der Waals surface area contributed by atoms with Crippen LogP contribution < -0.4 is 4.90 Å². The van der Waals surface area contributed by atoms with Crippen molar-refractivity contribution in [2.45, 2.75) is 22.9 Å². The van der Waals surface area contributed by atoms with E-state index in [-0.39, 0.29) is 5.82 Å². The van der Waals surface area contributed by atoms with E-state index in [1.54, 1.807) is 11.8 Å². The van der Waals surface area contributed by atoms with Gasteiger partial charge in [0.1, 0.15) is 5.82 Å². The number of hydrogen-bond acceptors (Lipinski definition) is 2. The van der Waals surface area contributed by atoms with E-state index in [0.29, 0.717) is 0 Å². The summed E-state index contributed by atoms with van der Waals surface area (Å²) >= 11 is 4.03. The second-order valence-electron chi connectivity index (χ2n) is 5.83. The maximum absolute atomic E-state index is 13.1. The van der Waals surface area contributed by atoms with E-state index >= 15 is 0 Å². The molecule has 0 radical (unpaired) electrons. The van der Waals surface area contributed by atoms with Gasteiger partial charge in [-0.15, -0.1) is 0 Å². The Bertz CT molecular complexity index is 854. The van der Waals surface area contributed by atoms with E-state index < -0.39 is 0 Å². The Kier molecular flexibility index (Phi) is 4.50. The molecule has 0 saturated heterocycles. The highest BCUT2D eigenvalue weighted by atomic mass is 127. The van der Waals surface area contributed by atoms with Gasteiger partial charge in [-0.05, 0) is 76.2 Å². The molecule has 1 aliphatic rings. The minimum Gasteiger partial charge on any atom is -0.363 e. The average Bonchev–Trinajstić information content (AvgIpc) is 3.01. The van der Waals surface area contributed by atoms with Gasteiger partial charge in [0, 0.05) is 32.1 Å². The van der Waals surface area contributed by atoms with Gasteiger partial charge >= 0.3 is 0 Å². The van der Waals surface area contributed by atoms with Crippen LogP contribution in [0, 0.1) is 9.39 Å². The standard InChI is InChI=1S/C20H15FINS/c21-16-5-7-19(8-6-16)24-20-10-17(22)9-18(11-20)23-12-14-3-1-2-4-15(14)13-23/h1-11H,12-13H2. The van der Waals surface area contributed by atoms with Crippen LogP contribution in [0.3, 0.4) is 0 Å². The lowest BCUT2D eigenvalue weighted by Crippen LogP contribution is -2.14. The first-order valence-corrected chi connectivity index (χ1v) is 9.63. The Hall–Kier alpha value is -1.53. The lowest BCUT2D eigenvalue weighted by Gasteiger charge is -2.19. The quantitative estimate of drug-likeness (QED) is 0.447. The molecule has 3 aromatic rings. The largest absolute Gasteiger partial charge is 0.363 e. The molecule has 1 heterocycles. The number of benzene rings is 3. The van der Waals surface area contributed by atoms with Crippen LogP contribution in [0.2, 0.25) is 0 Å². The summed E-state index contributed by atoms with van der Waals surface area (Å²) in [5, 5.41) is 0. The van der Waals surface area contributed by atoms with Crippen molar-refractivity contribution in [1.29, 1.82) is 0 Å². The Morgan fingerprint density at radius 3 is 2.17 bits per heavy atom. The zero-order valence-electron chi connectivity index (χ0n) is 12.9. The van der Waals surface area contributed by atoms with Crippen LogP contribution in [0.15, 0.2) is 76.5 Å². The first-order valence-electron chi connectivity index (χ1n) is 7.73. The van der Waals surface area contributed by atoms with E-state index in [1.807, 2.05) is 12.1 Å². The highest BCUT2D eigenvalue weighted by molar-refractivity contribution is 14.1. The number of hydrogen-bond donors (Lipinski definition) is 0. The third-order valence-electron chi connectivity index (χ3n) is 4.11. The summed E-state index contributed by atoms with van der Waals surface area (Å²) in [6.45, 7) is 1.91. The van der Waals surface area contributed by atoms with Gasteiger partial charge in [0.2, 0.25) is 0 Å². The molecule has 1 nitrogen and oxygen atoms in total. The zero-order chi connectivity index (χ0) is 16.5. The molecule has 0 saturated carbocycles. The fourth-order valence-electron chi connectivity index (χ4n) is 2.94. The van der Waals surface area contributed by atoms with Crippen LogP contribution in [0.25, 0.3) is 0 Å². The van der Waals surface area contributed by atoms with Crippen molar-refractivity contribution in [2.24, 2.45) is 0 Å². The lowest BCUT2D eigenvalue weighted by molar-refractivity contribution is 0.626. The fraction of sp³-hybridized carbons (Fsp3) is 0.100. The molecule has 1 aliphatic heterocycles. The maximum Gasteiger partial charge on any atom is 0.123 e. The zero-order valence-corrected chi connectivity index (χ0v) is 15.9. The molecular formula is C20H15FINS. The number of halogens is 2. The van der Waals surface area contributed by atoms with Crippen LogP contribution in [0.5, 0.6) is 0 Å². The average molecular weight is 447 g/mol. The van der Waals surface area contributed by atoms with Crippen LogP contribution in [-0.4, -0.2) is 0 Å². The molecule has 24 heavy (non-hydrogen) atoms. The SMILES string of the molecule is Fc1ccc(Sc2cc(I)cc(N3Cc4ccccc4C3)c2)cc1. The smallest absolute Gasteiger partial charge is 0.123 e. The highest BCUT2D eigenvalue weighted by Crippen LogP contribution is 2.35. The van der Waals surface area contributed by atoms with Crippen LogP contribution in [0.1, 0.15) is 11.1 Å². The topological polar surface area (TPSA) is 3.24 Å². The fourth-order valence-corrected chi connectivity index (χ4v) is 4.72. The van der Waals surface area contributed by atoms with Crippen molar-refractivity contribution >= 4 is 40.0 Å². The van der Waals surface area contributed by atoms with Crippen molar-refractivity contribution in [3.05, 3.63) is 87.2 Å². The van der Waals surface area contributed by atoms with E-state index in [1.165, 1.54) is 37.4 Å². The van der Waals surface area contributed by atoms with Crippen molar-refractivity contribution in [2.75, 3.05) is 4.90 Å². The predicted molar refractivity (Wildman–Crippen MR) is 106 cm³/mol. The van der Waals surface area contributed by atoms with E-state index in [4.69, 9.17) is 0 Å². The van der Waals surface area contributed by atoms with Crippen molar-refractivity contribution in [3.63, 3.8) is 0 Å². The van der Waals surface area contributed by atoms with Gasteiger partial charge in [-0.25, -0.2) is 4.39 Å². The summed E-state index contributed by atoms with van der Waals surface area (Å²) in [6, 6.07) is 21.9. The second kappa shape index (κ2) is 6.76. The van der Waals surface area contributed by atoms with Gasteiger partial charge in [0.05, 0.1) is 0 Å².